The van der Waals surface area contributed by atoms with Gasteiger partial charge in [-0.05, 0) is 56.3 Å². The van der Waals surface area contributed by atoms with Gasteiger partial charge in [-0.25, -0.2) is 0 Å². The number of carbonyl (C=O) groups is 1. The first-order valence-electron chi connectivity index (χ1n) is 10.8. The predicted octanol–water partition coefficient (Wildman–Crippen LogP) is 3.58. The topological polar surface area (TPSA) is 63.7 Å². The van der Waals surface area contributed by atoms with Crippen LogP contribution in [0.2, 0.25) is 0 Å². The zero-order chi connectivity index (χ0) is 20.9. The van der Waals surface area contributed by atoms with E-state index in [1.54, 1.807) is 14.2 Å². The lowest BCUT2D eigenvalue weighted by Gasteiger charge is -2.37. The van der Waals surface area contributed by atoms with Crippen LogP contribution in [0, 0.1) is 11.8 Å². The van der Waals surface area contributed by atoms with Crippen molar-refractivity contribution in [2.24, 2.45) is 11.8 Å². The number of methoxy groups -OCH3 is 2. The van der Waals surface area contributed by atoms with Crippen LogP contribution in [0.15, 0.2) is 42.6 Å². The predicted molar refractivity (Wildman–Crippen MR) is 115 cm³/mol. The van der Waals surface area contributed by atoms with E-state index in [-0.39, 0.29) is 17.9 Å². The molecule has 2 atom stereocenters. The molecule has 30 heavy (non-hydrogen) atoms. The molecule has 4 rings (SSSR count). The van der Waals surface area contributed by atoms with Crippen LogP contribution in [-0.2, 0) is 11.3 Å². The van der Waals surface area contributed by atoms with E-state index in [9.17, 15) is 4.79 Å². The number of likely N-dealkylation sites (tertiary alicyclic amines) is 1. The lowest BCUT2D eigenvalue weighted by atomic mass is 9.88. The second-order valence-electron chi connectivity index (χ2n) is 8.33. The minimum Gasteiger partial charge on any atom is -0.497 e. The molecular weight excluding hydrogens is 378 g/mol. The average molecular weight is 410 g/mol. The summed E-state index contributed by atoms with van der Waals surface area (Å²) in [6.45, 7) is 2.77. The number of nitrogens with one attached hydrogen (secondary N) is 1. The van der Waals surface area contributed by atoms with Crippen molar-refractivity contribution in [3.8, 4) is 11.5 Å². The normalized spacial score (nSPS) is 20.4. The summed E-state index contributed by atoms with van der Waals surface area (Å²) >= 11 is 0. The lowest BCUT2D eigenvalue weighted by molar-refractivity contribution is -0.123. The summed E-state index contributed by atoms with van der Waals surface area (Å²) < 4.78 is 10.9. The van der Waals surface area contributed by atoms with E-state index < -0.39 is 0 Å². The molecule has 1 saturated heterocycles. The number of benzene rings is 1. The van der Waals surface area contributed by atoms with Crippen LogP contribution in [0.1, 0.15) is 43.0 Å². The molecule has 1 amide bonds. The highest BCUT2D eigenvalue weighted by molar-refractivity contribution is 5.81. The summed E-state index contributed by atoms with van der Waals surface area (Å²) in [4.78, 5) is 19.6. The van der Waals surface area contributed by atoms with Crippen molar-refractivity contribution in [1.82, 2.24) is 15.2 Å². The highest BCUT2D eigenvalue weighted by Gasteiger charge is 2.35. The monoisotopic (exact) mass is 409 g/mol. The Balaban J connectivity index is 1.49. The largest absolute Gasteiger partial charge is 0.497 e. The fraction of sp³-hybridized carbons (Fsp3) is 0.500. The van der Waals surface area contributed by atoms with Crippen molar-refractivity contribution in [2.45, 2.75) is 38.3 Å². The molecule has 1 aromatic carbocycles. The van der Waals surface area contributed by atoms with Crippen molar-refractivity contribution in [3.63, 3.8) is 0 Å². The number of ether oxygens (including phenoxy) is 2. The third-order valence-corrected chi connectivity index (χ3v) is 6.15. The lowest BCUT2D eigenvalue weighted by Crippen LogP contribution is -2.43. The molecule has 1 N–H and O–H groups in total. The number of hydrogen-bond acceptors (Lipinski definition) is 5. The molecule has 2 aromatic rings. The molecule has 2 aliphatic rings. The van der Waals surface area contributed by atoms with E-state index in [0.717, 1.165) is 68.1 Å². The van der Waals surface area contributed by atoms with Crippen LogP contribution in [0.3, 0.4) is 0 Å². The van der Waals surface area contributed by atoms with Gasteiger partial charge in [-0.1, -0.05) is 12.1 Å². The van der Waals surface area contributed by atoms with Gasteiger partial charge in [0.2, 0.25) is 5.91 Å². The van der Waals surface area contributed by atoms with E-state index in [0.29, 0.717) is 5.92 Å². The van der Waals surface area contributed by atoms with E-state index in [4.69, 9.17) is 9.47 Å². The van der Waals surface area contributed by atoms with Gasteiger partial charge in [0.05, 0.1) is 26.0 Å². The minimum atomic E-state index is -0.0418. The number of piperidine rings is 1. The first-order valence-corrected chi connectivity index (χ1v) is 10.8. The van der Waals surface area contributed by atoms with Gasteiger partial charge < -0.3 is 14.8 Å². The van der Waals surface area contributed by atoms with Crippen LogP contribution in [-0.4, -0.2) is 43.1 Å². The van der Waals surface area contributed by atoms with E-state index >= 15 is 0 Å². The van der Waals surface area contributed by atoms with Crippen molar-refractivity contribution < 1.29 is 14.3 Å². The number of carbonyl (C=O) groups excluding carboxylic acids is 1. The molecule has 1 aromatic heterocycles. The Morgan fingerprint density at radius 1 is 1.20 bits per heavy atom. The minimum absolute atomic E-state index is 0.0418. The zero-order valence-electron chi connectivity index (χ0n) is 17.8. The third-order valence-electron chi connectivity index (χ3n) is 6.15. The van der Waals surface area contributed by atoms with Crippen molar-refractivity contribution in [2.75, 3.05) is 27.3 Å². The molecule has 1 aliphatic carbocycles. The van der Waals surface area contributed by atoms with Gasteiger partial charge in [0.25, 0.3) is 0 Å². The highest BCUT2D eigenvalue weighted by atomic mass is 16.5. The van der Waals surface area contributed by atoms with Gasteiger partial charge in [0.15, 0.2) is 0 Å². The number of aromatic nitrogens is 1. The molecule has 0 radical (unpaired) electrons. The first kappa shape index (κ1) is 20.7. The number of pyridine rings is 1. The maximum Gasteiger partial charge on any atom is 0.223 e. The summed E-state index contributed by atoms with van der Waals surface area (Å²) in [6.07, 6.45) is 6.02. The quantitative estimate of drug-likeness (QED) is 0.722. The molecule has 6 heteroatoms. The molecule has 2 fully saturated rings. The number of hydrogen-bond donors (Lipinski definition) is 1. The summed E-state index contributed by atoms with van der Waals surface area (Å²) in [5, 5.41) is 3.32. The zero-order valence-corrected chi connectivity index (χ0v) is 17.8. The standard InChI is InChI=1S/C24H31N3O3/c1-29-20-11-10-18(22(14-20)30-2)15-27-13-5-6-19(16-27)23(21-7-3-4-12-25-21)26-24(28)17-8-9-17/h3-4,7,10-12,14,17,19,23H,5-6,8-9,13,15-16H2,1-2H3,(H,26,28)/t19-,23+/m1/s1. The van der Waals surface area contributed by atoms with Crippen molar-refractivity contribution >= 4 is 5.91 Å². The SMILES string of the molecule is COc1ccc(CN2CCC[C@@H]([C@H](NC(=O)C3CC3)c3ccccn3)C2)c(OC)c1. The van der Waals surface area contributed by atoms with Gasteiger partial charge in [-0.15, -0.1) is 0 Å². The third kappa shape index (κ3) is 4.93. The van der Waals surface area contributed by atoms with Gasteiger partial charge in [-0.3, -0.25) is 14.7 Å². The maximum atomic E-state index is 12.6. The molecule has 1 saturated carbocycles. The average Bonchev–Trinajstić information content (AvgIpc) is 3.64. The summed E-state index contributed by atoms with van der Waals surface area (Å²) in [6, 6.07) is 11.9. The highest BCUT2D eigenvalue weighted by Crippen LogP contribution is 2.34. The smallest absolute Gasteiger partial charge is 0.223 e. The molecular formula is C24H31N3O3. The Morgan fingerprint density at radius 2 is 2.07 bits per heavy atom. The van der Waals surface area contributed by atoms with Crippen LogP contribution in [0.25, 0.3) is 0 Å². The molecule has 0 unspecified atom stereocenters. The van der Waals surface area contributed by atoms with Gasteiger partial charge in [0.1, 0.15) is 11.5 Å². The van der Waals surface area contributed by atoms with Gasteiger partial charge >= 0.3 is 0 Å². The summed E-state index contributed by atoms with van der Waals surface area (Å²) in [5.41, 5.74) is 2.11. The molecule has 0 spiro atoms. The van der Waals surface area contributed by atoms with Crippen LogP contribution in [0.5, 0.6) is 11.5 Å². The first-order chi connectivity index (χ1) is 14.7. The van der Waals surface area contributed by atoms with E-state index in [1.807, 2.05) is 36.5 Å². The Bertz CT molecular complexity index is 854. The molecule has 160 valence electrons. The maximum absolute atomic E-state index is 12.6. The van der Waals surface area contributed by atoms with Crippen LogP contribution in [0.4, 0.5) is 0 Å². The van der Waals surface area contributed by atoms with Gasteiger partial charge in [-0.2, -0.15) is 0 Å². The fourth-order valence-corrected chi connectivity index (χ4v) is 4.34. The number of rotatable bonds is 8. The summed E-state index contributed by atoms with van der Waals surface area (Å²) in [5.74, 6) is 2.35. The Labute approximate surface area is 178 Å². The second-order valence-corrected chi connectivity index (χ2v) is 8.33. The van der Waals surface area contributed by atoms with Crippen LogP contribution < -0.4 is 14.8 Å². The molecule has 2 heterocycles. The van der Waals surface area contributed by atoms with E-state index in [1.165, 1.54) is 0 Å². The Kier molecular flexibility index (Phi) is 6.53. The Morgan fingerprint density at radius 3 is 2.77 bits per heavy atom. The number of nitrogens with zero attached hydrogens (tertiary/aromatic N) is 2. The Hall–Kier alpha value is -2.60. The van der Waals surface area contributed by atoms with Crippen molar-refractivity contribution in [3.05, 3.63) is 53.9 Å². The van der Waals surface area contributed by atoms with E-state index in [2.05, 4.69) is 21.3 Å². The second kappa shape index (κ2) is 9.47. The molecule has 6 nitrogen and oxygen atoms in total. The van der Waals surface area contributed by atoms with Gasteiger partial charge in [0, 0.05) is 36.8 Å². The fourth-order valence-electron chi connectivity index (χ4n) is 4.34. The summed E-state index contributed by atoms with van der Waals surface area (Å²) in [7, 11) is 3.36. The molecule has 1 aliphatic heterocycles. The number of amides is 1. The van der Waals surface area contributed by atoms with Crippen molar-refractivity contribution in [1.29, 1.82) is 0 Å². The van der Waals surface area contributed by atoms with Crippen LogP contribution >= 0.6 is 0 Å². The molecule has 0 bridgehead atoms.